The summed E-state index contributed by atoms with van der Waals surface area (Å²) < 4.78 is 20.7. The Bertz CT molecular complexity index is 1240. The standard InChI is InChI=1S/C22H19FN6O2/c1-13-17(21(30)25-10-15-4-2-3-5-18(15)23)12-26-29(13)19-9-8-16(11-24-19)22-27-20(28-31-22)14-6-7-14/h2-5,8-9,11-12,14H,6-7,10H2,1H3,(H,25,30). The summed E-state index contributed by atoms with van der Waals surface area (Å²) in [5.41, 5.74) is 2.16. The van der Waals surface area contributed by atoms with E-state index >= 15 is 0 Å². The number of pyridine rings is 1. The van der Waals surface area contributed by atoms with Gasteiger partial charge >= 0.3 is 0 Å². The largest absolute Gasteiger partial charge is 0.348 e. The van der Waals surface area contributed by atoms with Gasteiger partial charge in [-0.3, -0.25) is 4.79 Å². The van der Waals surface area contributed by atoms with Gasteiger partial charge < -0.3 is 9.84 Å². The van der Waals surface area contributed by atoms with E-state index in [9.17, 15) is 9.18 Å². The maximum absolute atomic E-state index is 13.8. The van der Waals surface area contributed by atoms with E-state index in [-0.39, 0.29) is 18.3 Å². The van der Waals surface area contributed by atoms with E-state index in [1.54, 1.807) is 42.1 Å². The fourth-order valence-corrected chi connectivity index (χ4v) is 3.27. The summed E-state index contributed by atoms with van der Waals surface area (Å²) in [5.74, 6) is 1.46. The second kappa shape index (κ2) is 7.75. The number of amides is 1. The molecule has 9 heteroatoms. The number of benzene rings is 1. The predicted octanol–water partition coefficient (Wildman–Crippen LogP) is 3.57. The molecule has 0 radical (unpaired) electrons. The van der Waals surface area contributed by atoms with Crippen molar-refractivity contribution in [2.45, 2.75) is 32.2 Å². The molecular formula is C22H19FN6O2. The normalized spacial score (nSPS) is 13.4. The highest BCUT2D eigenvalue weighted by Gasteiger charge is 2.29. The van der Waals surface area contributed by atoms with Gasteiger partial charge in [-0.25, -0.2) is 14.1 Å². The van der Waals surface area contributed by atoms with Crippen LogP contribution in [0, 0.1) is 12.7 Å². The number of hydrogen-bond donors (Lipinski definition) is 1. The number of carbonyl (C=O) groups is 1. The van der Waals surface area contributed by atoms with Crippen LogP contribution in [0.4, 0.5) is 4.39 Å². The molecule has 1 aliphatic carbocycles. The van der Waals surface area contributed by atoms with Crippen LogP contribution in [0.3, 0.4) is 0 Å². The number of carbonyl (C=O) groups excluding carboxylic acids is 1. The van der Waals surface area contributed by atoms with Crippen molar-refractivity contribution < 1.29 is 13.7 Å². The second-order valence-corrected chi connectivity index (χ2v) is 7.47. The van der Waals surface area contributed by atoms with Crippen LogP contribution < -0.4 is 5.32 Å². The van der Waals surface area contributed by atoms with Crippen LogP contribution in [-0.2, 0) is 6.54 Å². The van der Waals surface area contributed by atoms with Gasteiger partial charge in [0.05, 0.1) is 23.0 Å². The van der Waals surface area contributed by atoms with Crippen molar-refractivity contribution in [1.29, 1.82) is 0 Å². The van der Waals surface area contributed by atoms with E-state index in [4.69, 9.17) is 4.52 Å². The first-order valence-electron chi connectivity index (χ1n) is 9.97. The van der Waals surface area contributed by atoms with Gasteiger partial charge in [-0.15, -0.1) is 0 Å². The van der Waals surface area contributed by atoms with Gasteiger partial charge in [0.25, 0.3) is 11.8 Å². The molecule has 31 heavy (non-hydrogen) atoms. The molecule has 1 saturated carbocycles. The van der Waals surface area contributed by atoms with E-state index < -0.39 is 0 Å². The second-order valence-electron chi connectivity index (χ2n) is 7.47. The van der Waals surface area contributed by atoms with Crippen molar-refractivity contribution >= 4 is 5.91 Å². The fraction of sp³-hybridized carbons (Fsp3) is 0.227. The minimum absolute atomic E-state index is 0.0934. The van der Waals surface area contributed by atoms with Gasteiger partial charge in [-0.1, -0.05) is 23.4 Å². The Balaban J connectivity index is 1.30. The Morgan fingerprint density at radius 3 is 2.81 bits per heavy atom. The van der Waals surface area contributed by atoms with E-state index in [2.05, 4.69) is 25.5 Å². The maximum Gasteiger partial charge on any atom is 0.259 e. The summed E-state index contributed by atoms with van der Waals surface area (Å²) in [6.07, 6.45) is 5.32. The lowest BCUT2D eigenvalue weighted by Crippen LogP contribution is -2.23. The smallest absolute Gasteiger partial charge is 0.259 e. The third kappa shape index (κ3) is 3.81. The first-order chi connectivity index (χ1) is 15.1. The number of halogens is 1. The lowest BCUT2D eigenvalue weighted by atomic mass is 10.2. The predicted molar refractivity (Wildman–Crippen MR) is 109 cm³/mol. The summed E-state index contributed by atoms with van der Waals surface area (Å²) in [6.45, 7) is 1.87. The first kappa shape index (κ1) is 19.1. The monoisotopic (exact) mass is 418 g/mol. The van der Waals surface area contributed by atoms with E-state index in [0.29, 0.717) is 34.4 Å². The molecule has 0 bridgehead atoms. The molecule has 1 aromatic carbocycles. The molecule has 156 valence electrons. The summed E-state index contributed by atoms with van der Waals surface area (Å²) in [5, 5.41) is 11.0. The SMILES string of the molecule is Cc1c(C(=O)NCc2ccccc2F)cnn1-c1ccc(-c2nc(C3CC3)no2)cn1. The summed E-state index contributed by atoms with van der Waals surface area (Å²) in [7, 11) is 0. The van der Waals surface area contributed by atoms with E-state index in [1.165, 1.54) is 12.3 Å². The molecule has 1 aliphatic rings. The topological polar surface area (TPSA) is 98.7 Å². The number of nitrogens with zero attached hydrogens (tertiary/aromatic N) is 5. The molecule has 5 rings (SSSR count). The molecule has 0 spiro atoms. The number of aromatic nitrogens is 5. The van der Waals surface area contributed by atoms with Crippen LogP contribution in [0.2, 0.25) is 0 Å². The Morgan fingerprint density at radius 2 is 2.06 bits per heavy atom. The molecular weight excluding hydrogens is 399 g/mol. The van der Waals surface area contributed by atoms with Gasteiger partial charge in [0.2, 0.25) is 0 Å². The zero-order chi connectivity index (χ0) is 21.4. The van der Waals surface area contributed by atoms with Crippen molar-refractivity contribution in [3.8, 4) is 17.3 Å². The molecule has 0 aliphatic heterocycles. The average molecular weight is 418 g/mol. The third-order valence-electron chi connectivity index (χ3n) is 5.25. The van der Waals surface area contributed by atoms with Gasteiger partial charge in [-0.05, 0) is 38.0 Å². The molecule has 0 atom stereocenters. The molecule has 3 aromatic heterocycles. The van der Waals surface area contributed by atoms with Crippen LogP contribution in [0.1, 0.15) is 46.2 Å². The molecule has 1 N–H and O–H groups in total. The minimum Gasteiger partial charge on any atom is -0.348 e. The number of nitrogens with one attached hydrogen (secondary N) is 1. The highest BCUT2D eigenvalue weighted by atomic mass is 19.1. The molecule has 3 heterocycles. The van der Waals surface area contributed by atoms with Crippen LogP contribution in [0.15, 0.2) is 53.3 Å². The summed E-state index contributed by atoms with van der Waals surface area (Å²) in [6, 6.07) is 9.93. The summed E-state index contributed by atoms with van der Waals surface area (Å²) in [4.78, 5) is 21.4. The van der Waals surface area contributed by atoms with Crippen molar-refractivity contribution in [3.63, 3.8) is 0 Å². The van der Waals surface area contributed by atoms with Crippen LogP contribution in [0.5, 0.6) is 0 Å². The van der Waals surface area contributed by atoms with Gasteiger partial charge in [0.15, 0.2) is 11.6 Å². The average Bonchev–Trinajstić information content (AvgIpc) is 3.39. The Kier molecular flexibility index (Phi) is 4.78. The quantitative estimate of drug-likeness (QED) is 0.514. The van der Waals surface area contributed by atoms with Crippen molar-refractivity contribution in [1.82, 2.24) is 30.2 Å². The third-order valence-corrected chi connectivity index (χ3v) is 5.25. The van der Waals surface area contributed by atoms with Crippen molar-refractivity contribution in [2.75, 3.05) is 0 Å². The molecule has 0 unspecified atom stereocenters. The Morgan fingerprint density at radius 1 is 1.23 bits per heavy atom. The molecule has 1 fully saturated rings. The lowest BCUT2D eigenvalue weighted by Gasteiger charge is -2.07. The van der Waals surface area contributed by atoms with E-state index in [1.807, 2.05) is 6.07 Å². The molecule has 4 aromatic rings. The van der Waals surface area contributed by atoms with Crippen LogP contribution in [-0.4, -0.2) is 30.8 Å². The highest BCUT2D eigenvalue weighted by molar-refractivity contribution is 5.95. The molecule has 1 amide bonds. The van der Waals surface area contributed by atoms with E-state index in [0.717, 1.165) is 24.2 Å². The summed E-state index contributed by atoms with van der Waals surface area (Å²) >= 11 is 0. The van der Waals surface area contributed by atoms with Crippen molar-refractivity contribution in [2.24, 2.45) is 0 Å². The fourth-order valence-electron chi connectivity index (χ4n) is 3.27. The van der Waals surface area contributed by atoms with Crippen LogP contribution >= 0.6 is 0 Å². The molecule has 8 nitrogen and oxygen atoms in total. The maximum atomic E-state index is 13.8. The zero-order valence-corrected chi connectivity index (χ0v) is 16.7. The van der Waals surface area contributed by atoms with Gasteiger partial charge in [-0.2, -0.15) is 10.1 Å². The zero-order valence-electron chi connectivity index (χ0n) is 16.7. The Hall–Kier alpha value is -3.88. The number of rotatable bonds is 6. The van der Waals surface area contributed by atoms with Crippen LogP contribution in [0.25, 0.3) is 17.3 Å². The first-order valence-corrected chi connectivity index (χ1v) is 9.97. The van der Waals surface area contributed by atoms with Gasteiger partial charge in [0.1, 0.15) is 5.82 Å². The van der Waals surface area contributed by atoms with Crippen molar-refractivity contribution in [3.05, 3.63) is 77.3 Å². The lowest BCUT2D eigenvalue weighted by molar-refractivity contribution is 0.0950. The number of hydrogen-bond acceptors (Lipinski definition) is 6. The minimum atomic E-state index is -0.356. The molecule has 0 saturated heterocycles. The van der Waals surface area contributed by atoms with Gasteiger partial charge in [0, 0.05) is 24.2 Å². The highest BCUT2D eigenvalue weighted by Crippen LogP contribution is 2.38. The Labute approximate surface area is 177 Å².